The molecular formula is C16H20N2O3. The van der Waals surface area contributed by atoms with Crippen LogP contribution in [0.15, 0.2) is 29.8 Å². The summed E-state index contributed by atoms with van der Waals surface area (Å²) < 4.78 is 5.31. The van der Waals surface area contributed by atoms with Gasteiger partial charge >= 0.3 is 0 Å². The Hall–Kier alpha value is -2.30. The van der Waals surface area contributed by atoms with Gasteiger partial charge < -0.3 is 15.4 Å². The molecule has 5 nitrogen and oxygen atoms in total. The molecule has 0 radical (unpaired) electrons. The molecule has 5 heteroatoms. The number of nitrogens with one attached hydrogen (secondary N) is 2. The number of carbonyl (C=O) groups is 2. The molecule has 0 bridgehead atoms. The van der Waals surface area contributed by atoms with Crippen molar-refractivity contribution < 1.29 is 14.3 Å². The molecule has 0 fully saturated rings. The Bertz CT molecular complexity index is 593. The van der Waals surface area contributed by atoms with Crippen LogP contribution in [0.5, 0.6) is 5.75 Å². The number of amides is 2. The Balaban J connectivity index is 2.11. The van der Waals surface area contributed by atoms with Gasteiger partial charge in [-0.3, -0.25) is 9.59 Å². The van der Waals surface area contributed by atoms with Crippen molar-refractivity contribution in [2.24, 2.45) is 0 Å². The van der Waals surface area contributed by atoms with Crippen molar-refractivity contribution in [2.45, 2.75) is 33.2 Å². The molecule has 112 valence electrons. The average molecular weight is 288 g/mol. The minimum Gasteiger partial charge on any atom is -0.482 e. The highest BCUT2D eigenvalue weighted by Crippen LogP contribution is 2.30. The lowest BCUT2D eigenvalue weighted by molar-refractivity contribution is -0.119. The van der Waals surface area contributed by atoms with Crippen molar-refractivity contribution in [1.29, 1.82) is 0 Å². The molecule has 2 rings (SSSR count). The second-order valence-electron chi connectivity index (χ2n) is 5.08. The number of allylic oxidation sites excluding steroid dienone is 1. The Morgan fingerprint density at radius 3 is 3.00 bits per heavy atom. The minimum atomic E-state index is -0.168. The van der Waals surface area contributed by atoms with Crippen molar-refractivity contribution in [3.05, 3.63) is 35.4 Å². The van der Waals surface area contributed by atoms with E-state index in [1.165, 1.54) is 0 Å². The first-order valence-electron chi connectivity index (χ1n) is 7.05. The quantitative estimate of drug-likeness (QED) is 0.837. The molecule has 1 atom stereocenters. The van der Waals surface area contributed by atoms with E-state index < -0.39 is 0 Å². The molecule has 0 saturated carbocycles. The Morgan fingerprint density at radius 1 is 1.52 bits per heavy atom. The molecule has 2 amide bonds. The molecule has 2 N–H and O–H groups in total. The minimum absolute atomic E-state index is 0.0413. The summed E-state index contributed by atoms with van der Waals surface area (Å²) in [5.41, 5.74) is 2.27. The van der Waals surface area contributed by atoms with Crippen molar-refractivity contribution in [3.8, 4) is 5.75 Å². The van der Waals surface area contributed by atoms with Crippen LogP contribution >= 0.6 is 0 Å². The molecule has 1 aliphatic rings. The molecule has 1 aliphatic heterocycles. The third-order valence-electron chi connectivity index (χ3n) is 3.35. The molecule has 1 heterocycles. The lowest BCUT2D eigenvalue weighted by atomic mass is 10.1. The van der Waals surface area contributed by atoms with E-state index >= 15 is 0 Å². The van der Waals surface area contributed by atoms with E-state index in [-0.39, 0.29) is 24.5 Å². The zero-order valence-electron chi connectivity index (χ0n) is 12.5. The summed E-state index contributed by atoms with van der Waals surface area (Å²) in [5.74, 6) is 0.402. The van der Waals surface area contributed by atoms with E-state index in [2.05, 4.69) is 10.6 Å². The van der Waals surface area contributed by atoms with E-state index in [1.807, 2.05) is 38.1 Å². The topological polar surface area (TPSA) is 67.4 Å². The van der Waals surface area contributed by atoms with Crippen molar-refractivity contribution in [2.75, 3.05) is 11.9 Å². The number of carbonyl (C=O) groups excluding carboxylic acids is 2. The maximum Gasteiger partial charge on any atom is 0.262 e. The normalized spacial score (nSPS) is 15.6. The predicted octanol–water partition coefficient (Wildman–Crippen LogP) is 2.55. The molecule has 1 aromatic carbocycles. The van der Waals surface area contributed by atoms with Crippen LogP contribution in [0.1, 0.15) is 38.8 Å². The number of ether oxygens (including phenoxy) is 1. The van der Waals surface area contributed by atoms with Gasteiger partial charge in [-0.1, -0.05) is 19.1 Å². The summed E-state index contributed by atoms with van der Waals surface area (Å²) in [5, 5.41) is 5.70. The number of hydrogen-bond donors (Lipinski definition) is 2. The fourth-order valence-electron chi connectivity index (χ4n) is 2.16. The number of hydrogen-bond acceptors (Lipinski definition) is 3. The van der Waals surface area contributed by atoms with Gasteiger partial charge in [0.1, 0.15) is 5.75 Å². The number of rotatable bonds is 4. The van der Waals surface area contributed by atoms with E-state index in [1.54, 1.807) is 6.92 Å². The standard InChI is InChI=1S/C16H20N2O3/c1-4-5-10(2)16(20)17-11(3)12-6-7-14-13(8-12)18-15(19)9-21-14/h5-8,11H,4,9H2,1-3H3,(H,17,20)(H,18,19)/b10-5-/t11-/m1/s1. The molecule has 0 unspecified atom stereocenters. The van der Waals surface area contributed by atoms with Crippen LogP contribution < -0.4 is 15.4 Å². The summed E-state index contributed by atoms with van der Waals surface area (Å²) in [7, 11) is 0. The van der Waals surface area contributed by atoms with Crippen molar-refractivity contribution in [1.82, 2.24) is 5.32 Å². The Labute approximate surface area is 124 Å². The first kappa shape index (κ1) is 15.1. The van der Waals surface area contributed by atoms with Gasteiger partial charge in [0.15, 0.2) is 6.61 Å². The summed E-state index contributed by atoms with van der Waals surface area (Å²) in [4.78, 5) is 23.3. The maximum absolute atomic E-state index is 12.0. The highest BCUT2D eigenvalue weighted by molar-refractivity contribution is 5.95. The third-order valence-corrected chi connectivity index (χ3v) is 3.35. The van der Waals surface area contributed by atoms with Crippen LogP contribution in [-0.2, 0) is 9.59 Å². The van der Waals surface area contributed by atoms with Gasteiger partial charge in [0.05, 0.1) is 11.7 Å². The predicted molar refractivity (Wildman–Crippen MR) is 81.2 cm³/mol. The van der Waals surface area contributed by atoms with Gasteiger partial charge in [-0.2, -0.15) is 0 Å². The van der Waals surface area contributed by atoms with Crippen LogP contribution in [0.4, 0.5) is 5.69 Å². The molecule has 0 aliphatic carbocycles. The largest absolute Gasteiger partial charge is 0.482 e. The Morgan fingerprint density at radius 2 is 2.29 bits per heavy atom. The highest BCUT2D eigenvalue weighted by Gasteiger charge is 2.18. The zero-order valence-corrected chi connectivity index (χ0v) is 12.5. The maximum atomic E-state index is 12.0. The van der Waals surface area contributed by atoms with Crippen molar-refractivity contribution in [3.63, 3.8) is 0 Å². The summed E-state index contributed by atoms with van der Waals surface area (Å²) in [6.07, 6.45) is 2.72. The number of benzene rings is 1. The van der Waals surface area contributed by atoms with E-state index in [0.29, 0.717) is 17.0 Å². The number of anilines is 1. The smallest absolute Gasteiger partial charge is 0.262 e. The second-order valence-corrected chi connectivity index (χ2v) is 5.08. The second kappa shape index (κ2) is 6.43. The molecule has 21 heavy (non-hydrogen) atoms. The monoisotopic (exact) mass is 288 g/mol. The van der Waals surface area contributed by atoms with Crippen molar-refractivity contribution >= 4 is 17.5 Å². The van der Waals surface area contributed by atoms with Gasteiger partial charge in [-0.15, -0.1) is 0 Å². The van der Waals surface area contributed by atoms with Gasteiger partial charge in [0.25, 0.3) is 5.91 Å². The zero-order chi connectivity index (χ0) is 15.4. The lowest BCUT2D eigenvalue weighted by Crippen LogP contribution is -2.28. The van der Waals surface area contributed by atoms with Crippen LogP contribution in [0.3, 0.4) is 0 Å². The van der Waals surface area contributed by atoms with Crippen LogP contribution in [0.2, 0.25) is 0 Å². The van der Waals surface area contributed by atoms with Gasteiger partial charge in [-0.25, -0.2) is 0 Å². The third kappa shape index (κ3) is 3.62. The van der Waals surface area contributed by atoms with Crippen LogP contribution in [0.25, 0.3) is 0 Å². The molecule has 0 saturated heterocycles. The van der Waals surface area contributed by atoms with E-state index in [9.17, 15) is 9.59 Å². The molecular weight excluding hydrogens is 268 g/mol. The van der Waals surface area contributed by atoms with Gasteiger partial charge in [0, 0.05) is 5.57 Å². The van der Waals surface area contributed by atoms with E-state index in [0.717, 1.165) is 12.0 Å². The van der Waals surface area contributed by atoms with Crippen LogP contribution in [-0.4, -0.2) is 18.4 Å². The first-order valence-corrected chi connectivity index (χ1v) is 7.05. The molecule has 0 aromatic heterocycles. The van der Waals surface area contributed by atoms with E-state index in [4.69, 9.17) is 4.74 Å². The fourth-order valence-corrected chi connectivity index (χ4v) is 2.16. The first-order chi connectivity index (χ1) is 10.0. The van der Waals surface area contributed by atoms with Gasteiger partial charge in [0.2, 0.25) is 5.91 Å². The fraction of sp³-hybridized carbons (Fsp3) is 0.375. The molecule has 0 spiro atoms. The SMILES string of the molecule is CC/C=C(/C)C(=O)N[C@H](C)c1ccc2c(c1)NC(=O)CO2. The summed E-state index contributed by atoms with van der Waals surface area (Å²) in [6, 6.07) is 5.37. The van der Waals surface area contributed by atoms with Gasteiger partial charge in [-0.05, 0) is 38.0 Å². The number of fused-ring (bicyclic) bond motifs is 1. The molecule has 1 aromatic rings. The lowest BCUT2D eigenvalue weighted by Gasteiger charge is -2.21. The van der Waals surface area contributed by atoms with Crippen LogP contribution in [0, 0.1) is 0 Å². The highest BCUT2D eigenvalue weighted by atomic mass is 16.5. The summed E-state index contributed by atoms with van der Waals surface area (Å²) in [6.45, 7) is 5.74. The Kier molecular flexibility index (Phi) is 4.62. The average Bonchev–Trinajstić information content (AvgIpc) is 2.46. The summed E-state index contributed by atoms with van der Waals surface area (Å²) >= 11 is 0.